The summed E-state index contributed by atoms with van der Waals surface area (Å²) in [4.78, 5) is 10.2. The van der Waals surface area contributed by atoms with Gasteiger partial charge in [0.15, 0.2) is 0 Å². The van der Waals surface area contributed by atoms with E-state index in [2.05, 4.69) is 93.6 Å². The highest BCUT2D eigenvalue weighted by Gasteiger charge is 2.05. The van der Waals surface area contributed by atoms with Gasteiger partial charge in [-0.1, -0.05) is 139 Å². The number of hydrogen-bond donors (Lipinski definition) is 0. The zero-order chi connectivity index (χ0) is 31.3. The molecule has 0 spiro atoms. The van der Waals surface area contributed by atoms with E-state index in [9.17, 15) is 0 Å². The monoisotopic (exact) mass is 597 g/mol. The largest absolute Gasteiger partial charge is 0.255 e. The molecule has 0 aliphatic carbocycles. The number of nitrogens with zero attached hydrogens (tertiary/aromatic N) is 2. The maximum atomic E-state index is 5.17. The van der Waals surface area contributed by atoms with Gasteiger partial charge in [0, 0.05) is 6.21 Å². The number of rotatable bonds is 26. The van der Waals surface area contributed by atoms with Crippen LogP contribution in [0.1, 0.15) is 154 Å². The lowest BCUT2D eigenvalue weighted by molar-refractivity contribution is 0.637. The first kappa shape index (κ1) is 37.4. The Morgan fingerprint density at radius 1 is 0.500 bits per heavy atom. The molecule has 2 heteroatoms. The lowest BCUT2D eigenvalue weighted by atomic mass is 10.0. The second kappa shape index (κ2) is 26.6. The minimum Gasteiger partial charge on any atom is -0.255 e. The van der Waals surface area contributed by atoms with Crippen LogP contribution in [-0.2, 0) is 12.8 Å². The highest BCUT2D eigenvalue weighted by Crippen LogP contribution is 2.24. The van der Waals surface area contributed by atoms with Crippen LogP contribution >= 0.6 is 0 Å². The Balaban J connectivity index is 1.93. The predicted octanol–water partition coefficient (Wildman–Crippen LogP) is 13.8. The van der Waals surface area contributed by atoms with Crippen molar-refractivity contribution in [3.8, 4) is 0 Å². The van der Waals surface area contributed by atoms with E-state index < -0.39 is 0 Å². The van der Waals surface area contributed by atoms with Crippen molar-refractivity contribution in [1.29, 1.82) is 0 Å². The van der Waals surface area contributed by atoms with E-state index in [-0.39, 0.29) is 0 Å². The van der Waals surface area contributed by atoms with Crippen LogP contribution in [0, 0.1) is 0 Å². The van der Waals surface area contributed by atoms with E-state index in [0.717, 1.165) is 68.5 Å². The van der Waals surface area contributed by atoms with Crippen LogP contribution in [-0.4, -0.2) is 11.9 Å². The van der Waals surface area contributed by atoms with Crippen molar-refractivity contribution in [3.63, 3.8) is 0 Å². The van der Waals surface area contributed by atoms with Crippen LogP contribution in [0.3, 0.4) is 0 Å². The molecule has 0 bridgehead atoms. The Bertz CT molecular complexity index is 1090. The third-order valence-corrected chi connectivity index (χ3v) is 8.30. The zero-order valence-electron chi connectivity index (χ0n) is 28.7. The first-order valence-corrected chi connectivity index (χ1v) is 18.4. The Morgan fingerprint density at radius 3 is 1.50 bits per heavy atom. The third kappa shape index (κ3) is 18.2. The number of hydrogen-bond acceptors (Lipinski definition) is 2. The SMILES string of the molecule is CCCCCCCC=CCCCc1ccccc1N=CC(CCCC)=Nc1ccccc1CCCC=CCCCCCCC. The van der Waals surface area contributed by atoms with E-state index in [1.54, 1.807) is 0 Å². The summed E-state index contributed by atoms with van der Waals surface area (Å²) in [5.74, 6) is 0. The molecular weight excluding hydrogens is 532 g/mol. The van der Waals surface area contributed by atoms with Gasteiger partial charge >= 0.3 is 0 Å². The van der Waals surface area contributed by atoms with Gasteiger partial charge in [-0.15, -0.1) is 0 Å². The van der Waals surface area contributed by atoms with Crippen molar-refractivity contribution >= 4 is 23.3 Å². The van der Waals surface area contributed by atoms with Crippen molar-refractivity contribution in [3.05, 3.63) is 84.0 Å². The number of aliphatic imine (C=N–C) groups is 2. The minimum absolute atomic E-state index is 0.959. The molecule has 0 radical (unpaired) electrons. The number of allylic oxidation sites excluding steroid dienone is 4. The van der Waals surface area contributed by atoms with Gasteiger partial charge in [-0.2, -0.15) is 0 Å². The van der Waals surface area contributed by atoms with Gasteiger partial charge in [-0.05, 0) is 100 Å². The second-order valence-electron chi connectivity index (χ2n) is 12.4. The Labute approximate surface area is 272 Å². The third-order valence-electron chi connectivity index (χ3n) is 8.30. The molecule has 2 aromatic carbocycles. The molecule has 0 atom stereocenters. The van der Waals surface area contributed by atoms with Gasteiger partial charge in [0.2, 0.25) is 0 Å². The fourth-order valence-corrected chi connectivity index (χ4v) is 5.51. The Hall–Kier alpha value is -2.74. The standard InChI is InChI=1S/C42H64N2/c1-4-7-10-12-14-16-18-20-22-24-30-38-32-26-28-35-41(38)43-37-40(34-9-6-3)44-42-36-29-27-33-39(42)31-25-23-21-19-17-15-13-11-8-5-2/h18-21,26-29,32-33,35-37H,4-17,22-25,30-31,34H2,1-3H3. The molecule has 242 valence electrons. The molecule has 0 saturated heterocycles. The molecule has 0 aromatic heterocycles. The smallest absolute Gasteiger partial charge is 0.0665 e. The first-order chi connectivity index (χ1) is 21.8. The summed E-state index contributed by atoms with van der Waals surface area (Å²) < 4.78 is 0. The molecule has 2 aromatic rings. The summed E-state index contributed by atoms with van der Waals surface area (Å²) in [5, 5.41) is 0. The zero-order valence-corrected chi connectivity index (χ0v) is 28.7. The van der Waals surface area contributed by atoms with Gasteiger partial charge in [0.1, 0.15) is 0 Å². The number of aryl methyl sites for hydroxylation is 2. The van der Waals surface area contributed by atoms with Gasteiger partial charge < -0.3 is 0 Å². The van der Waals surface area contributed by atoms with E-state index in [0.29, 0.717) is 0 Å². The first-order valence-electron chi connectivity index (χ1n) is 18.4. The highest BCUT2D eigenvalue weighted by molar-refractivity contribution is 6.31. The maximum Gasteiger partial charge on any atom is 0.0665 e. The normalized spacial score (nSPS) is 12.4. The second-order valence-corrected chi connectivity index (χ2v) is 12.4. The molecule has 0 N–H and O–H groups in total. The molecular formula is C42H64N2. The van der Waals surface area contributed by atoms with Crippen molar-refractivity contribution in [2.45, 2.75) is 156 Å². The summed E-state index contributed by atoms with van der Waals surface area (Å²) in [6.07, 6.45) is 37.6. The summed E-state index contributed by atoms with van der Waals surface area (Å²) in [7, 11) is 0. The van der Waals surface area contributed by atoms with Gasteiger partial charge in [-0.25, -0.2) is 0 Å². The Morgan fingerprint density at radius 2 is 0.955 bits per heavy atom. The van der Waals surface area contributed by atoms with Crippen LogP contribution in [0.25, 0.3) is 0 Å². The van der Waals surface area contributed by atoms with Crippen molar-refractivity contribution in [1.82, 2.24) is 0 Å². The molecule has 0 aliphatic rings. The van der Waals surface area contributed by atoms with E-state index in [4.69, 9.17) is 9.98 Å². The number of para-hydroxylation sites is 2. The summed E-state index contributed by atoms with van der Waals surface area (Å²) >= 11 is 0. The van der Waals surface area contributed by atoms with Crippen LogP contribution in [0.5, 0.6) is 0 Å². The van der Waals surface area contributed by atoms with Gasteiger partial charge in [0.25, 0.3) is 0 Å². The minimum atomic E-state index is 0.959. The fourth-order valence-electron chi connectivity index (χ4n) is 5.51. The molecule has 2 rings (SSSR count). The Kier molecular flexibility index (Phi) is 22.7. The lowest BCUT2D eigenvalue weighted by Gasteiger charge is -2.08. The van der Waals surface area contributed by atoms with Crippen molar-refractivity contribution in [2.24, 2.45) is 9.98 Å². The molecule has 0 unspecified atom stereocenters. The van der Waals surface area contributed by atoms with E-state index in [1.165, 1.54) is 94.6 Å². The average molecular weight is 597 g/mol. The molecule has 0 heterocycles. The van der Waals surface area contributed by atoms with E-state index >= 15 is 0 Å². The molecule has 44 heavy (non-hydrogen) atoms. The average Bonchev–Trinajstić information content (AvgIpc) is 3.05. The topological polar surface area (TPSA) is 24.7 Å². The molecule has 2 nitrogen and oxygen atoms in total. The predicted molar refractivity (Wildman–Crippen MR) is 199 cm³/mol. The number of unbranched alkanes of at least 4 members (excludes halogenated alkanes) is 13. The summed E-state index contributed by atoms with van der Waals surface area (Å²) in [6.45, 7) is 6.81. The van der Waals surface area contributed by atoms with Crippen molar-refractivity contribution in [2.75, 3.05) is 0 Å². The fraction of sp³-hybridized carbons (Fsp3) is 0.571. The van der Waals surface area contributed by atoms with Crippen LogP contribution in [0.15, 0.2) is 82.8 Å². The lowest BCUT2D eigenvalue weighted by Crippen LogP contribution is -2.00. The number of benzene rings is 2. The maximum absolute atomic E-state index is 5.17. The summed E-state index contributed by atoms with van der Waals surface area (Å²) in [5.41, 5.74) is 5.95. The van der Waals surface area contributed by atoms with E-state index in [1.807, 2.05) is 6.21 Å². The summed E-state index contributed by atoms with van der Waals surface area (Å²) in [6, 6.07) is 17.3. The highest BCUT2D eigenvalue weighted by atomic mass is 14.8. The van der Waals surface area contributed by atoms with Crippen LogP contribution in [0.2, 0.25) is 0 Å². The van der Waals surface area contributed by atoms with Gasteiger partial charge in [-0.3, -0.25) is 9.98 Å². The molecule has 0 aliphatic heterocycles. The molecule has 0 saturated carbocycles. The van der Waals surface area contributed by atoms with Gasteiger partial charge in [0.05, 0.1) is 17.1 Å². The van der Waals surface area contributed by atoms with Crippen LogP contribution in [0.4, 0.5) is 11.4 Å². The molecule has 0 fully saturated rings. The molecule has 0 amide bonds. The van der Waals surface area contributed by atoms with Crippen molar-refractivity contribution < 1.29 is 0 Å². The van der Waals surface area contributed by atoms with Crippen LogP contribution < -0.4 is 0 Å². The quantitative estimate of drug-likeness (QED) is 0.0586.